The average Bonchev–Trinajstić information content (AvgIpc) is 3.25. The number of hydrogen-bond donors (Lipinski definition) is 7. The lowest BCUT2D eigenvalue weighted by Gasteiger charge is -2.38. The van der Waals surface area contributed by atoms with Gasteiger partial charge in [0.05, 0.1) is 25.0 Å². The zero-order valence-electron chi connectivity index (χ0n) is 20.5. The maximum absolute atomic E-state index is 13.0. The first kappa shape index (κ1) is 27.6. The zero-order valence-corrected chi connectivity index (χ0v) is 21.2. The Morgan fingerprint density at radius 2 is 1.87 bits per heavy atom. The van der Waals surface area contributed by atoms with E-state index in [2.05, 4.69) is 15.6 Å². The molecule has 38 heavy (non-hydrogen) atoms. The number of amides is 2. The normalized spacial score (nSPS) is 20.4. The molecule has 2 amide bonds. The molecule has 0 aliphatic heterocycles. The molecule has 0 saturated heterocycles. The summed E-state index contributed by atoms with van der Waals surface area (Å²) in [4.78, 5) is 39.5. The van der Waals surface area contributed by atoms with Gasteiger partial charge in [-0.2, -0.15) is 0 Å². The summed E-state index contributed by atoms with van der Waals surface area (Å²) < 4.78 is 0. The lowest BCUT2D eigenvalue weighted by molar-refractivity contribution is -0.139. The number of carboxylic acids is 1. The van der Waals surface area contributed by atoms with Gasteiger partial charge < -0.3 is 36.0 Å². The van der Waals surface area contributed by atoms with Gasteiger partial charge in [-0.05, 0) is 41.8 Å². The van der Waals surface area contributed by atoms with Crippen LogP contribution in [-0.2, 0) is 21.6 Å². The van der Waals surface area contributed by atoms with Gasteiger partial charge in [0, 0.05) is 41.4 Å². The van der Waals surface area contributed by atoms with E-state index in [-0.39, 0.29) is 31.7 Å². The SMILES string of the molecule is O=C(O)C[C@H](O)C[C@H](O)CNC(=O)C[C@@]1(O)CC(NC(=O)c2cc3cc(Cl)ccc3[nH]2)Cc2ccccc21. The highest BCUT2D eigenvalue weighted by atomic mass is 35.5. The monoisotopic (exact) mass is 543 g/mol. The van der Waals surface area contributed by atoms with Crippen molar-refractivity contribution in [3.63, 3.8) is 0 Å². The van der Waals surface area contributed by atoms with Crippen LogP contribution in [0.1, 0.15) is 47.3 Å². The molecule has 10 nitrogen and oxygen atoms in total. The van der Waals surface area contributed by atoms with Crippen molar-refractivity contribution < 1.29 is 34.8 Å². The van der Waals surface area contributed by atoms with E-state index in [9.17, 15) is 29.7 Å². The lowest BCUT2D eigenvalue weighted by Crippen LogP contribution is -2.48. The van der Waals surface area contributed by atoms with Crippen molar-refractivity contribution in [1.82, 2.24) is 15.6 Å². The number of carboxylic acid groups (broad SMARTS) is 1. The number of hydrogen-bond acceptors (Lipinski definition) is 6. The molecule has 0 bridgehead atoms. The van der Waals surface area contributed by atoms with Gasteiger partial charge in [-0.3, -0.25) is 14.4 Å². The quantitative estimate of drug-likeness (QED) is 0.204. The Hall–Kier alpha value is -3.44. The number of aromatic amines is 1. The van der Waals surface area contributed by atoms with E-state index in [1.807, 2.05) is 12.1 Å². The van der Waals surface area contributed by atoms with Crippen LogP contribution in [0.4, 0.5) is 0 Å². The molecule has 1 aliphatic rings. The largest absolute Gasteiger partial charge is 0.481 e. The van der Waals surface area contributed by atoms with E-state index in [1.165, 1.54) is 0 Å². The third-order valence-corrected chi connectivity index (χ3v) is 6.91. The van der Waals surface area contributed by atoms with E-state index < -0.39 is 42.1 Å². The summed E-state index contributed by atoms with van der Waals surface area (Å²) in [6, 6.07) is 13.7. The second-order valence-electron chi connectivity index (χ2n) is 9.80. The van der Waals surface area contributed by atoms with Gasteiger partial charge in [-0.15, -0.1) is 0 Å². The molecule has 3 aromatic rings. The molecule has 0 saturated carbocycles. The van der Waals surface area contributed by atoms with Crippen LogP contribution in [0.25, 0.3) is 10.9 Å². The van der Waals surface area contributed by atoms with E-state index in [0.29, 0.717) is 22.7 Å². The Balaban J connectivity index is 1.42. The second kappa shape index (κ2) is 11.5. The summed E-state index contributed by atoms with van der Waals surface area (Å²) in [6.45, 7) is -0.211. The molecule has 202 valence electrons. The molecule has 1 aromatic heterocycles. The average molecular weight is 544 g/mol. The second-order valence-corrected chi connectivity index (χ2v) is 10.2. The van der Waals surface area contributed by atoms with Gasteiger partial charge in [-0.25, -0.2) is 0 Å². The number of carbonyl (C=O) groups is 3. The first-order valence-corrected chi connectivity index (χ1v) is 12.6. The predicted octanol–water partition coefficient (Wildman–Crippen LogP) is 1.85. The number of benzene rings is 2. The van der Waals surface area contributed by atoms with E-state index in [4.69, 9.17) is 16.7 Å². The molecule has 2 aromatic carbocycles. The summed E-state index contributed by atoms with van der Waals surface area (Å²) in [5, 5.41) is 46.9. The summed E-state index contributed by atoms with van der Waals surface area (Å²) >= 11 is 6.04. The molecule has 0 fully saturated rings. The van der Waals surface area contributed by atoms with Crippen molar-refractivity contribution in [2.75, 3.05) is 6.54 Å². The standard InChI is InChI=1S/C27H30ClN3O7/c28-17-5-6-22-16(7-17)9-23(31-22)26(37)30-18-8-15-3-1-2-4-21(15)27(38,12-18)13-24(34)29-14-20(33)10-19(32)11-25(35)36/h1-7,9,18-20,31-33,38H,8,10-14H2,(H,29,34)(H,30,37)(H,35,36)/t18?,19-,20+,27+/m1/s1. The number of H-pyrrole nitrogens is 1. The molecule has 4 rings (SSSR count). The highest BCUT2D eigenvalue weighted by Gasteiger charge is 2.41. The Kier molecular flexibility index (Phi) is 8.37. The van der Waals surface area contributed by atoms with Crippen LogP contribution < -0.4 is 10.6 Å². The molecule has 0 radical (unpaired) electrons. The minimum absolute atomic E-state index is 0.0924. The molecular formula is C27H30ClN3O7. The molecule has 11 heteroatoms. The lowest BCUT2D eigenvalue weighted by atomic mass is 9.74. The van der Waals surface area contributed by atoms with Crippen LogP contribution in [0.5, 0.6) is 0 Å². The number of aliphatic hydroxyl groups is 3. The first-order chi connectivity index (χ1) is 18.0. The summed E-state index contributed by atoms with van der Waals surface area (Å²) in [6.07, 6.45) is -2.87. The minimum Gasteiger partial charge on any atom is -0.481 e. The van der Waals surface area contributed by atoms with Gasteiger partial charge >= 0.3 is 5.97 Å². The van der Waals surface area contributed by atoms with Crippen LogP contribution in [0.2, 0.25) is 5.02 Å². The van der Waals surface area contributed by atoms with Crippen molar-refractivity contribution in [1.29, 1.82) is 0 Å². The van der Waals surface area contributed by atoms with Gasteiger partial charge in [0.2, 0.25) is 5.91 Å². The molecule has 4 atom stereocenters. The van der Waals surface area contributed by atoms with Crippen molar-refractivity contribution in [3.05, 3.63) is 70.4 Å². The van der Waals surface area contributed by atoms with E-state index in [0.717, 1.165) is 16.5 Å². The summed E-state index contributed by atoms with van der Waals surface area (Å²) in [5.41, 5.74) is 0.942. The van der Waals surface area contributed by atoms with Gasteiger partial charge in [0.25, 0.3) is 5.91 Å². The van der Waals surface area contributed by atoms with Gasteiger partial charge in [-0.1, -0.05) is 35.9 Å². The topological polar surface area (TPSA) is 172 Å². The minimum atomic E-state index is -1.57. The number of aromatic nitrogens is 1. The Labute approximate surface area is 223 Å². The number of halogens is 1. The number of aliphatic hydroxyl groups excluding tert-OH is 2. The van der Waals surface area contributed by atoms with Crippen LogP contribution >= 0.6 is 11.6 Å². The van der Waals surface area contributed by atoms with E-state index >= 15 is 0 Å². The molecule has 7 N–H and O–H groups in total. The Morgan fingerprint density at radius 1 is 1.11 bits per heavy atom. The summed E-state index contributed by atoms with van der Waals surface area (Å²) in [7, 11) is 0. The third kappa shape index (κ3) is 6.70. The molecule has 1 heterocycles. The van der Waals surface area contributed by atoms with Crippen molar-refractivity contribution in [2.45, 2.75) is 56.0 Å². The number of fused-ring (bicyclic) bond motifs is 2. The third-order valence-electron chi connectivity index (χ3n) is 6.67. The van der Waals surface area contributed by atoms with Crippen LogP contribution in [0.3, 0.4) is 0 Å². The molecule has 1 unspecified atom stereocenters. The highest BCUT2D eigenvalue weighted by Crippen LogP contribution is 2.38. The Bertz CT molecular complexity index is 1340. The fourth-order valence-corrected chi connectivity index (χ4v) is 5.19. The maximum atomic E-state index is 13.0. The number of rotatable bonds is 10. The van der Waals surface area contributed by atoms with Crippen LogP contribution in [-0.4, -0.2) is 68.0 Å². The van der Waals surface area contributed by atoms with Crippen molar-refractivity contribution in [2.24, 2.45) is 0 Å². The molecular weight excluding hydrogens is 514 g/mol. The zero-order chi connectivity index (χ0) is 27.4. The predicted molar refractivity (Wildman–Crippen MR) is 140 cm³/mol. The maximum Gasteiger partial charge on any atom is 0.305 e. The number of carbonyl (C=O) groups excluding carboxylic acids is 2. The number of nitrogens with one attached hydrogen (secondary N) is 3. The molecule has 1 aliphatic carbocycles. The fourth-order valence-electron chi connectivity index (χ4n) is 5.01. The smallest absolute Gasteiger partial charge is 0.305 e. The fraction of sp³-hybridized carbons (Fsp3) is 0.370. The van der Waals surface area contributed by atoms with Crippen molar-refractivity contribution in [3.8, 4) is 0 Å². The molecule has 0 spiro atoms. The van der Waals surface area contributed by atoms with Gasteiger partial charge in [0.1, 0.15) is 11.3 Å². The number of aliphatic carboxylic acids is 1. The van der Waals surface area contributed by atoms with Crippen LogP contribution in [0, 0.1) is 0 Å². The first-order valence-electron chi connectivity index (χ1n) is 12.3. The summed E-state index contributed by atoms with van der Waals surface area (Å²) in [5.74, 6) is -2.08. The van der Waals surface area contributed by atoms with Gasteiger partial charge in [0.15, 0.2) is 0 Å². The highest BCUT2D eigenvalue weighted by molar-refractivity contribution is 6.31. The Morgan fingerprint density at radius 3 is 2.63 bits per heavy atom. The van der Waals surface area contributed by atoms with Crippen molar-refractivity contribution >= 4 is 40.3 Å². The van der Waals surface area contributed by atoms with Crippen LogP contribution in [0.15, 0.2) is 48.5 Å². The van der Waals surface area contributed by atoms with E-state index in [1.54, 1.807) is 36.4 Å².